The molecule has 0 atom stereocenters. The van der Waals surface area contributed by atoms with Crippen molar-refractivity contribution in [2.24, 2.45) is 0 Å². The van der Waals surface area contributed by atoms with Gasteiger partial charge in [0.25, 0.3) is 0 Å². The highest BCUT2D eigenvalue weighted by Gasteiger charge is 2.07. The van der Waals surface area contributed by atoms with Crippen LogP contribution in [0.25, 0.3) is 0 Å². The van der Waals surface area contributed by atoms with E-state index in [2.05, 4.69) is 36.5 Å². The van der Waals surface area contributed by atoms with Gasteiger partial charge in [-0.25, -0.2) is 4.39 Å². The molecule has 2 nitrogen and oxygen atoms in total. The SMILES string of the molecule is COc1cccc(CNCCc2cccc(C)c2)c1F. The molecule has 0 saturated carbocycles. The molecule has 2 aromatic carbocycles. The highest BCUT2D eigenvalue weighted by Crippen LogP contribution is 2.19. The van der Waals surface area contributed by atoms with Gasteiger partial charge in [-0.1, -0.05) is 42.0 Å². The molecule has 2 rings (SSSR count). The van der Waals surface area contributed by atoms with Crippen molar-refractivity contribution in [3.8, 4) is 5.75 Å². The van der Waals surface area contributed by atoms with E-state index < -0.39 is 0 Å². The lowest BCUT2D eigenvalue weighted by Gasteiger charge is -2.09. The lowest BCUT2D eigenvalue weighted by Crippen LogP contribution is -2.17. The monoisotopic (exact) mass is 273 g/mol. The number of benzene rings is 2. The van der Waals surface area contributed by atoms with E-state index in [-0.39, 0.29) is 5.82 Å². The van der Waals surface area contributed by atoms with Gasteiger partial charge in [-0.05, 0) is 31.5 Å². The van der Waals surface area contributed by atoms with Crippen LogP contribution in [0, 0.1) is 12.7 Å². The maximum absolute atomic E-state index is 13.9. The third kappa shape index (κ3) is 3.81. The summed E-state index contributed by atoms with van der Waals surface area (Å²) in [5.74, 6) is 0.0149. The summed E-state index contributed by atoms with van der Waals surface area (Å²) in [7, 11) is 1.48. The van der Waals surface area contributed by atoms with Gasteiger partial charge in [-0.2, -0.15) is 0 Å². The van der Waals surface area contributed by atoms with Gasteiger partial charge >= 0.3 is 0 Å². The summed E-state index contributed by atoms with van der Waals surface area (Å²) < 4.78 is 18.9. The highest BCUT2D eigenvalue weighted by atomic mass is 19.1. The van der Waals surface area contributed by atoms with Crippen molar-refractivity contribution >= 4 is 0 Å². The summed E-state index contributed by atoms with van der Waals surface area (Å²) in [5.41, 5.74) is 3.19. The Morgan fingerprint density at radius 3 is 2.70 bits per heavy atom. The fourth-order valence-corrected chi connectivity index (χ4v) is 2.17. The van der Waals surface area contributed by atoms with Crippen molar-refractivity contribution in [3.63, 3.8) is 0 Å². The maximum Gasteiger partial charge on any atom is 0.169 e. The van der Waals surface area contributed by atoms with Gasteiger partial charge in [0.1, 0.15) is 0 Å². The third-order valence-electron chi connectivity index (χ3n) is 3.25. The van der Waals surface area contributed by atoms with E-state index in [0.29, 0.717) is 17.9 Å². The first-order valence-corrected chi connectivity index (χ1v) is 6.78. The predicted molar refractivity (Wildman–Crippen MR) is 79.5 cm³/mol. The smallest absolute Gasteiger partial charge is 0.169 e. The fourth-order valence-electron chi connectivity index (χ4n) is 2.17. The minimum atomic E-state index is -0.280. The lowest BCUT2D eigenvalue weighted by atomic mass is 10.1. The Hall–Kier alpha value is -1.87. The third-order valence-corrected chi connectivity index (χ3v) is 3.25. The molecule has 0 aromatic heterocycles. The number of methoxy groups -OCH3 is 1. The van der Waals surface area contributed by atoms with Crippen LogP contribution in [0.5, 0.6) is 5.75 Å². The molecule has 0 unspecified atom stereocenters. The molecule has 0 aliphatic rings. The van der Waals surface area contributed by atoms with Gasteiger partial charge in [0.15, 0.2) is 11.6 Å². The van der Waals surface area contributed by atoms with Crippen LogP contribution in [0.3, 0.4) is 0 Å². The van der Waals surface area contributed by atoms with Crippen LogP contribution in [0.15, 0.2) is 42.5 Å². The summed E-state index contributed by atoms with van der Waals surface area (Å²) in [5, 5.41) is 3.27. The molecule has 0 heterocycles. The number of nitrogens with one attached hydrogen (secondary N) is 1. The van der Waals surface area contributed by atoms with Crippen LogP contribution in [0.2, 0.25) is 0 Å². The fraction of sp³-hybridized carbons (Fsp3) is 0.294. The summed E-state index contributed by atoms with van der Waals surface area (Å²) in [6.45, 7) is 3.41. The largest absolute Gasteiger partial charge is 0.494 e. The van der Waals surface area contributed by atoms with Crippen molar-refractivity contribution in [3.05, 3.63) is 65.0 Å². The Morgan fingerprint density at radius 1 is 1.15 bits per heavy atom. The molecule has 20 heavy (non-hydrogen) atoms. The molecule has 0 spiro atoms. The molecule has 0 saturated heterocycles. The van der Waals surface area contributed by atoms with Crippen molar-refractivity contribution in [1.82, 2.24) is 5.32 Å². The van der Waals surface area contributed by atoms with Crippen molar-refractivity contribution in [2.45, 2.75) is 19.9 Å². The van der Waals surface area contributed by atoms with E-state index in [1.165, 1.54) is 18.2 Å². The first kappa shape index (κ1) is 14.5. The second-order valence-electron chi connectivity index (χ2n) is 4.85. The predicted octanol–water partition coefficient (Wildman–Crippen LogP) is 3.48. The van der Waals surface area contributed by atoms with Gasteiger partial charge in [0.2, 0.25) is 0 Å². The number of halogens is 1. The number of aryl methyl sites for hydroxylation is 1. The minimum absolute atomic E-state index is 0.280. The van der Waals surface area contributed by atoms with E-state index in [1.807, 2.05) is 0 Å². The van der Waals surface area contributed by atoms with E-state index in [0.717, 1.165) is 13.0 Å². The van der Waals surface area contributed by atoms with Gasteiger partial charge in [-0.3, -0.25) is 0 Å². The van der Waals surface area contributed by atoms with Crippen LogP contribution >= 0.6 is 0 Å². The van der Waals surface area contributed by atoms with Crippen molar-refractivity contribution < 1.29 is 9.13 Å². The van der Waals surface area contributed by atoms with Gasteiger partial charge in [-0.15, -0.1) is 0 Å². The molecular formula is C17H20FNO. The van der Waals surface area contributed by atoms with E-state index in [1.54, 1.807) is 18.2 Å². The minimum Gasteiger partial charge on any atom is -0.494 e. The Labute approximate surface area is 119 Å². The zero-order chi connectivity index (χ0) is 14.4. The molecule has 0 fully saturated rings. The molecular weight excluding hydrogens is 253 g/mol. The average molecular weight is 273 g/mol. The first-order valence-electron chi connectivity index (χ1n) is 6.78. The lowest BCUT2D eigenvalue weighted by molar-refractivity contribution is 0.383. The molecule has 0 amide bonds. The van der Waals surface area contributed by atoms with Crippen molar-refractivity contribution in [1.29, 1.82) is 0 Å². The van der Waals surface area contributed by atoms with E-state index >= 15 is 0 Å². The average Bonchev–Trinajstić information content (AvgIpc) is 2.45. The molecule has 0 aliphatic heterocycles. The summed E-state index contributed by atoms with van der Waals surface area (Å²) in [4.78, 5) is 0. The quantitative estimate of drug-likeness (QED) is 0.814. The number of hydrogen-bond donors (Lipinski definition) is 1. The standard InChI is InChI=1S/C17H20FNO/c1-13-5-3-6-14(11-13)9-10-19-12-15-7-4-8-16(20-2)17(15)18/h3-8,11,19H,9-10,12H2,1-2H3. The molecule has 3 heteroatoms. The van der Waals surface area contributed by atoms with Crippen LogP contribution in [0.4, 0.5) is 4.39 Å². The van der Waals surface area contributed by atoms with Crippen LogP contribution < -0.4 is 10.1 Å². The zero-order valence-corrected chi connectivity index (χ0v) is 11.9. The molecule has 106 valence electrons. The van der Waals surface area contributed by atoms with Gasteiger partial charge < -0.3 is 10.1 Å². The zero-order valence-electron chi connectivity index (χ0n) is 11.9. The van der Waals surface area contributed by atoms with Crippen LogP contribution in [0.1, 0.15) is 16.7 Å². The Bertz CT molecular complexity index is 569. The summed E-state index contributed by atoms with van der Waals surface area (Å²) in [6, 6.07) is 13.6. The number of ether oxygens (including phenoxy) is 1. The number of hydrogen-bond acceptors (Lipinski definition) is 2. The van der Waals surface area contributed by atoms with Crippen molar-refractivity contribution in [2.75, 3.05) is 13.7 Å². The first-order chi connectivity index (χ1) is 9.70. The highest BCUT2D eigenvalue weighted by molar-refractivity contribution is 5.31. The molecule has 2 aromatic rings. The topological polar surface area (TPSA) is 21.3 Å². The second-order valence-corrected chi connectivity index (χ2v) is 4.85. The summed E-state index contributed by atoms with van der Waals surface area (Å²) >= 11 is 0. The van der Waals surface area contributed by atoms with Gasteiger partial charge in [0, 0.05) is 12.1 Å². The molecule has 0 bridgehead atoms. The number of rotatable bonds is 6. The molecule has 0 aliphatic carbocycles. The normalized spacial score (nSPS) is 10.6. The Balaban J connectivity index is 1.84. The van der Waals surface area contributed by atoms with E-state index in [9.17, 15) is 4.39 Å². The van der Waals surface area contributed by atoms with Crippen LogP contribution in [-0.2, 0) is 13.0 Å². The summed E-state index contributed by atoms with van der Waals surface area (Å²) in [6.07, 6.45) is 0.938. The molecule has 0 radical (unpaired) electrons. The second kappa shape index (κ2) is 7.06. The Morgan fingerprint density at radius 2 is 1.95 bits per heavy atom. The molecule has 1 N–H and O–H groups in total. The van der Waals surface area contributed by atoms with Gasteiger partial charge in [0.05, 0.1) is 7.11 Å². The Kier molecular flexibility index (Phi) is 5.13. The van der Waals surface area contributed by atoms with Crippen LogP contribution in [-0.4, -0.2) is 13.7 Å². The van der Waals surface area contributed by atoms with E-state index in [4.69, 9.17) is 4.74 Å². The maximum atomic E-state index is 13.9.